The first-order valence-corrected chi connectivity index (χ1v) is 9.55. The van der Waals surface area contributed by atoms with Crippen LogP contribution >= 0.6 is 0 Å². The third-order valence-corrected chi connectivity index (χ3v) is 5.35. The number of nitrogens with zero attached hydrogens (tertiary/aromatic N) is 1. The summed E-state index contributed by atoms with van der Waals surface area (Å²) in [6.07, 6.45) is 0.594. The first-order chi connectivity index (χ1) is 12.5. The summed E-state index contributed by atoms with van der Waals surface area (Å²) in [5.41, 5.74) is 0.477. The Bertz CT molecular complexity index is 683. The van der Waals surface area contributed by atoms with E-state index in [4.69, 9.17) is 4.74 Å². The molecular weight excluding hydrogens is 344 g/mol. The number of carbonyl (C=O) groups excluding carboxylic acids is 2. The number of nitrogens with one attached hydrogen (secondary N) is 1. The van der Waals surface area contributed by atoms with Crippen LogP contribution in [0.15, 0.2) is 24.3 Å². The maximum atomic E-state index is 12.5. The fraction of sp³-hybridized carbons (Fsp3) is 0.619. The van der Waals surface area contributed by atoms with Crippen LogP contribution in [0.1, 0.15) is 53.0 Å². The number of phenolic OH excluding ortho intramolecular Hbond substituents is 1. The Labute approximate surface area is 161 Å². The normalized spacial score (nSPS) is 23.0. The van der Waals surface area contributed by atoms with E-state index < -0.39 is 11.7 Å². The zero-order valence-electron chi connectivity index (χ0n) is 17.0. The van der Waals surface area contributed by atoms with Crippen molar-refractivity contribution in [2.45, 2.75) is 58.5 Å². The van der Waals surface area contributed by atoms with Gasteiger partial charge < -0.3 is 20.1 Å². The Balaban J connectivity index is 1.86. The van der Waals surface area contributed by atoms with E-state index in [1.165, 1.54) is 0 Å². The minimum atomic E-state index is -0.549. The second-order valence-electron chi connectivity index (χ2n) is 8.64. The number of hydrogen-bond donors (Lipinski definition) is 2. The van der Waals surface area contributed by atoms with Gasteiger partial charge in [0.25, 0.3) is 0 Å². The van der Waals surface area contributed by atoms with Crippen LogP contribution in [0.5, 0.6) is 5.75 Å². The third-order valence-electron chi connectivity index (χ3n) is 5.35. The van der Waals surface area contributed by atoms with Gasteiger partial charge in [-0.1, -0.05) is 26.0 Å². The van der Waals surface area contributed by atoms with Crippen molar-refractivity contribution in [3.05, 3.63) is 29.8 Å². The molecule has 6 nitrogen and oxygen atoms in total. The zero-order valence-corrected chi connectivity index (χ0v) is 17.0. The SMILES string of the molecule is C[C@H]1CN(C(=O)CCNC(=O)OC(C)(C)C)CC[C@]1(C)c1cccc(O)c1. The average molecular weight is 376 g/mol. The number of carbonyl (C=O) groups is 2. The molecule has 1 aliphatic rings. The highest BCUT2D eigenvalue weighted by Crippen LogP contribution is 2.40. The largest absolute Gasteiger partial charge is 0.508 e. The molecule has 0 spiro atoms. The van der Waals surface area contributed by atoms with E-state index in [1.807, 2.05) is 23.1 Å². The van der Waals surface area contributed by atoms with Crippen LogP contribution in [0.25, 0.3) is 0 Å². The van der Waals surface area contributed by atoms with Gasteiger partial charge in [-0.25, -0.2) is 4.79 Å². The van der Waals surface area contributed by atoms with Gasteiger partial charge in [-0.05, 0) is 56.2 Å². The number of rotatable bonds is 4. The van der Waals surface area contributed by atoms with Crippen LogP contribution in [-0.4, -0.2) is 47.2 Å². The fourth-order valence-corrected chi connectivity index (χ4v) is 3.50. The van der Waals surface area contributed by atoms with E-state index in [-0.39, 0.29) is 36.0 Å². The fourth-order valence-electron chi connectivity index (χ4n) is 3.50. The number of likely N-dealkylation sites (tertiary alicyclic amines) is 1. The molecule has 0 bridgehead atoms. The van der Waals surface area contributed by atoms with Gasteiger partial charge in [0.05, 0.1) is 0 Å². The zero-order chi connectivity index (χ0) is 20.2. The maximum absolute atomic E-state index is 12.5. The van der Waals surface area contributed by atoms with Crippen molar-refractivity contribution in [1.29, 1.82) is 0 Å². The first kappa shape index (κ1) is 21.1. The molecule has 2 N–H and O–H groups in total. The van der Waals surface area contributed by atoms with Crippen molar-refractivity contribution in [3.63, 3.8) is 0 Å². The molecule has 6 heteroatoms. The van der Waals surface area contributed by atoms with Gasteiger partial charge in [0.1, 0.15) is 11.4 Å². The molecule has 1 aromatic carbocycles. The summed E-state index contributed by atoms with van der Waals surface area (Å²) in [7, 11) is 0. The van der Waals surface area contributed by atoms with Gasteiger partial charge in [0, 0.05) is 26.1 Å². The minimum Gasteiger partial charge on any atom is -0.508 e. The second kappa shape index (κ2) is 8.19. The van der Waals surface area contributed by atoms with Crippen LogP contribution in [0.2, 0.25) is 0 Å². The van der Waals surface area contributed by atoms with Gasteiger partial charge in [-0.15, -0.1) is 0 Å². The Hall–Kier alpha value is -2.24. The summed E-state index contributed by atoms with van der Waals surface area (Å²) in [6, 6.07) is 7.40. The van der Waals surface area contributed by atoms with Crippen molar-refractivity contribution in [2.24, 2.45) is 5.92 Å². The number of benzene rings is 1. The number of phenols is 1. The lowest BCUT2D eigenvalue weighted by Gasteiger charge is -2.45. The summed E-state index contributed by atoms with van der Waals surface area (Å²) in [4.78, 5) is 26.0. The van der Waals surface area contributed by atoms with Crippen molar-refractivity contribution in [2.75, 3.05) is 19.6 Å². The Morgan fingerprint density at radius 3 is 2.67 bits per heavy atom. The highest BCUT2D eigenvalue weighted by molar-refractivity contribution is 5.77. The van der Waals surface area contributed by atoms with Crippen molar-refractivity contribution < 1.29 is 19.4 Å². The lowest BCUT2D eigenvalue weighted by atomic mass is 9.68. The molecule has 2 amide bonds. The third kappa shape index (κ3) is 5.62. The summed E-state index contributed by atoms with van der Waals surface area (Å²) >= 11 is 0. The van der Waals surface area contributed by atoms with Gasteiger partial charge in [-0.3, -0.25) is 4.79 Å². The lowest BCUT2D eigenvalue weighted by molar-refractivity contribution is -0.133. The first-order valence-electron chi connectivity index (χ1n) is 9.55. The van der Waals surface area contributed by atoms with Crippen LogP contribution in [-0.2, 0) is 14.9 Å². The van der Waals surface area contributed by atoms with Gasteiger partial charge in [0.15, 0.2) is 0 Å². The predicted octanol–water partition coefficient (Wildman–Crippen LogP) is 3.43. The smallest absolute Gasteiger partial charge is 0.407 e. The number of piperidine rings is 1. The predicted molar refractivity (Wildman–Crippen MR) is 105 cm³/mol. The summed E-state index contributed by atoms with van der Waals surface area (Å²) < 4.78 is 5.17. The molecule has 0 saturated carbocycles. The summed E-state index contributed by atoms with van der Waals surface area (Å²) in [5.74, 6) is 0.569. The van der Waals surface area contributed by atoms with E-state index in [1.54, 1.807) is 26.8 Å². The molecule has 0 unspecified atom stereocenters. The lowest BCUT2D eigenvalue weighted by Crippen LogP contribution is -2.49. The number of aromatic hydroxyl groups is 1. The number of hydrogen-bond acceptors (Lipinski definition) is 4. The van der Waals surface area contributed by atoms with Crippen LogP contribution in [0.3, 0.4) is 0 Å². The molecule has 1 fully saturated rings. The molecule has 0 aromatic heterocycles. The van der Waals surface area contributed by atoms with E-state index >= 15 is 0 Å². The molecule has 1 heterocycles. The Morgan fingerprint density at radius 2 is 2.07 bits per heavy atom. The van der Waals surface area contributed by atoms with Crippen LogP contribution in [0, 0.1) is 5.92 Å². The minimum absolute atomic E-state index is 0.0378. The van der Waals surface area contributed by atoms with Crippen molar-refractivity contribution in [3.8, 4) is 5.75 Å². The second-order valence-corrected chi connectivity index (χ2v) is 8.64. The standard InChI is InChI=1S/C21H32N2O4/c1-15-14-23(18(25)9-11-22-19(26)27-20(2,3)4)12-10-21(15,5)16-7-6-8-17(24)13-16/h6-8,13,15,24H,9-12,14H2,1-5H3,(H,22,26)/t15-,21-/m0/s1. The Kier molecular flexibility index (Phi) is 6.39. The van der Waals surface area contributed by atoms with E-state index in [0.717, 1.165) is 12.0 Å². The highest BCUT2D eigenvalue weighted by atomic mass is 16.6. The molecule has 0 aliphatic carbocycles. The molecular formula is C21H32N2O4. The molecule has 27 heavy (non-hydrogen) atoms. The van der Waals surface area contributed by atoms with Crippen molar-refractivity contribution >= 4 is 12.0 Å². The van der Waals surface area contributed by atoms with Crippen molar-refractivity contribution in [1.82, 2.24) is 10.2 Å². The monoisotopic (exact) mass is 376 g/mol. The molecule has 2 atom stereocenters. The van der Waals surface area contributed by atoms with Gasteiger partial charge >= 0.3 is 6.09 Å². The van der Waals surface area contributed by atoms with Gasteiger partial charge in [-0.2, -0.15) is 0 Å². The molecule has 0 radical (unpaired) electrons. The van der Waals surface area contributed by atoms with E-state index in [2.05, 4.69) is 19.2 Å². The Morgan fingerprint density at radius 1 is 1.37 bits per heavy atom. The molecule has 150 valence electrons. The van der Waals surface area contributed by atoms with E-state index in [9.17, 15) is 14.7 Å². The average Bonchev–Trinajstić information content (AvgIpc) is 2.55. The maximum Gasteiger partial charge on any atom is 0.407 e. The molecule has 1 aromatic rings. The quantitative estimate of drug-likeness (QED) is 0.844. The number of alkyl carbamates (subject to hydrolysis) is 1. The molecule has 1 aliphatic heterocycles. The topological polar surface area (TPSA) is 78.9 Å². The summed E-state index contributed by atoms with van der Waals surface area (Å²) in [6.45, 7) is 11.3. The highest BCUT2D eigenvalue weighted by Gasteiger charge is 2.39. The van der Waals surface area contributed by atoms with Crippen LogP contribution < -0.4 is 5.32 Å². The molecule has 1 saturated heterocycles. The molecule has 2 rings (SSSR count). The summed E-state index contributed by atoms with van der Waals surface area (Å²) in [5, 5.41) is 12.4. The van der Waals surface area contributed by atoms with Crippen LogP contribution in [0.4, 0.5) is 4.79 Å². The van der Waals surface area contributed by atoms with Gasteiger partial charge in [0.2, 0.25) is 5.91 Å². The van der Waals surface area contributed by atoms with E-state index in [0.29, 0.717) is 13.1 Å². The number of amides is 2. The number of ether oxygens (including phenoxy) is 1.